The smallest absolute Gasteiger partial charge is 0.145 e. The van der Waals surface area contributed by atoms with E-state index in [4.69, 9.17) is 18.8 Å². The number of thiazole rings is 1. The molecule has 0 atom stereocenters. The summed E-state index contributed by atoms with van der Waals surface area (Å²) in [6.07, 6.45) is 0. The van der Waals surface area contributed by atoms with Crippen molar-refractivity contribution in [2.45, 2.75) is 0 Å². The van der Waals surface area contributed by atoms with Gasteiger partial charge in [0, 0.05) is 49.5 Å². The zero-order chi connectivity index (χ0) is 44.7. The van der Waals surface area contributed by atoms with E-state index >= 15 is 0 Å². The Hall–Kier alpha value is -8.84. The number of fused-ring (bicyclic) bond motifs is 8. The van der Waals surface area contributed by atoms with E-state index in [1.807, 2.05) is 36.4 Å². The lowest BCUT2D eigenvalue weighted by Crippen LogP contribution is -1.97. The van der Waals surface area contributed by atoms with Gasteiger partial charge in [-0.2, -0.15) is 0 Å². The highest BCUT2D eigenvalue weighted by Crippen LogP contribution is 2.43. The molecule has 0 saturated heterocycles. The van der Waals surface area contributed by atoms with Crippen LogP contribution in [0.5, 0.6) is 0 Å². The van der Waals surface area contributed by atoms with Crippen LogP contribution in [0.2, 0.25) is 0 Å². The summed E-state index contributed by atoms with van der Waals surface area (Å²) in [7, 11) is 0. The molecular weight excluding hydrogens is 851 g/mol. The summed E-state index contributed by atoms with van der Waals surface area (Å²) in [5.74, 6) is 0.904. The van der Waals surface area contributed by atoms with E-state index in [-0.39, 0.29) is 0 Å². The molecule has 0 saturated carbocycles. The first-order valence-electron chi connectivity index (χ1n) is 22.8. The minimum absolute atomic E-state index is 0.897. The van der Waals surface area contributed by atoms with Crippen molar-refractivity contribution in [3.05, 3.63) is 224 Å². The van der Waals surface area contributed by atoms with Crippen molar-refractivity contribution in [3.8, 4) is 72.2 Å². The van der Waals surface area contributed by atoms with E-state index in [9.17, 15) is 0 Å². The Bertz CT molecular complexity index is 4040. The number of hydrogen-bond acceptors (Lipinski definition) is 5. The molecule has 68 heavy (non-hydrogen) atoms. The maximum atomic E-state index is 6.13. The maximum absolute atomic E-state index is 6.13. The van der Waals surface area contributed by atoms with Gasteiger partial charge in [0.05, 0.1) is 21.3 Å². The van der Waals surface area contributed by atoms with Crippen molar-refractivity contribution in [1.82, 2.24) is 14.5 Å². The lowest BCUT2D eigenvalue weighted by atomic mass is 9.95. The fourth-order valence-corrected chi connectivity index (χ4v) is 11.0. The molecule has 4 heterocycles. The summed E-state index contributed by atoms with van der Waals surface area (Å²) in [5.41, 5.74) is 18.9. The molecule has 0 aliphatic heterocycles. The Labute approximate surface area is 394 Å². The van der Waals surface area contributed by atoms with Crippen molar-refractivity contribution < 1.29 is 8.83 Å². The molecule has 4 aromatic heterocycles. The topological polar surface area (TPSA) is 57.0 Å². The third-order valence-corrected chi connectivity index (χ3v) is 14.5. The molecule has 0 unspecified atom stereocenters. The summed E-state index contributed by atoms with van der Waals surface area (Å²) in [6, 6.07) is 79.2. The Morgan fingerprint density at radius 2 is 0.838 bits per heavy atom. The average molecular weight is 888 g/mol. The number of furan rings is 2. The molecule has 0 fully saturated rings. The average Bonchev–Trinajstić information content (AvgIpc) is 4.21. The summed E-state index contributed by atoms with van der Waals surface area (Å²) >= 11 is 1.74. The highest BCUT2D eigenvalue weighted by atomic mass is 32.1. The van der Waals surface area contributed by atoms with Gasteiger partial charge in [-0.25, -0.2) is 9.97 Å². The maximum Gasteiger partial charge on any atom is 0.145 e. The molecule has 5 nitrogen and oxygen atoms in total. The highest BCUT2D eigenvalue weighted by molar-refractivity contribution is 7.22. The quantitative estimate of drug-likeness (QED) is 0.160. The molecule has 14 rings (SSSR count). The summed E-state index contributed by atoms with van der Waals surface area (Å²) < 4.78 is 15.7. The number of rotatable bonds is 7. The summed E-state index contributed by atoms with van der Waals surface area (Å²) in [4.78, 5) is 10.6. The predicted molar refractivity (Wildman–Crippen MR) is 281 cm³/mol. The second-order valence-corrected chi connectivity index (χ2v) is 18.3. The van der Waals surface area contributed by atoms with Crippen molar-refractivity contribution in [3.63, 3.8) is 0 Å². The molecule has 0 amide bonds. The molecule has 6 heteroatoms. The lowest BCUT2D eigenvalue weighted by molar-refractivity contribution is 0.668. The lowest BCUT2D eigenvalue weighted by Gasteiger charge is -2.10. The van der Waals surface area contributed by atoms with Gasteiger partial charge in [-0.15, -0.1) is 11.3 Å². The first kappa shape index (κ1) is 38.4. The fraction of sp³-hybridized carbons (Fsp3) is 0. The van der Waals surface area contributed by atoms with Crippen molar-refractivity contribution >= 4 is 76.5 Å². The van der Waals surface area contributed by atoms with Gasteiger partial charge in [0.25, 0.3) is 0 Å². The number of para-hydroxylation sites is 5. The van der Waals surface area contributed by atoms with Crippen molar-refractivity contribution in [1.29, 1.82) is 0 Å². The standard InChI is InChI=1S/C62H37N3O2S/c1-2-10-46(11-3-1)65-54-15-7-6-14-53(54)63-61(65)42-26-28-43(29-27-42)62-64-59-47(40-22-18-38(19-23-40)44-30-34-57-51(36-44)49-12-4-8-16-55(49)66-57)32-33-48(60(59)68-62)41-24-20-39(21-25-41)45-31-35-58-52(37-45)50-13-5-9-17-56(50)67-58/h1-37H. The zero-order valence-electron chi connectivity index (χ0n) is 36.4. The van der Waals surface area contributed by atoms with Gasteiger partial charge in [0.2, 0.25) is 0 Å². The summed E-state index contributed by atoms with van der Waals surface area (Å²) in [5, 5.41) is 5.47. The van der Waals surface area contributed by atoms with Crippen LogP contribution in [0.15, 0.2) is 233 Å². The van der Waals surface area contributed by atoms with Gasteiger partial charge in [0.15, 0.2) is 0 Å². The minimum Gasteiger partial charge on any atom is -0.456 e. The molecule has 0 bridgehead atoms. The van der Waals surface area contributed by atoms with Gasteiger partial charge >= 0.3 is 0 Å². The van der Waals surface area contributed by atoms with Crippen LogP contribution < -0.4 is 0 Å². The Kier molecular flexibility index (Phi) is 8.69. The molecule has 0 radical (unpaired) electrons. The molecule has 0 aliphatic rings. The first-order chi connectivity index (χ1) is 33.7. The SMILES string of the molecule is c1ccc(-n2c(-c3ccc(-c4nc5c(-c6ccc(-c7ccc8oc9ccccc9c8c7)cc6)ccc(-c6ccc(-c7ccc8oc9ccccc9c8c7)cc6)c5s4)cc3)nc3ccccc32)cc1. The number of hydrogen-bond donors (Lipinski definition) is 0. The van der Waals surface area contributed by atoms with Gasteiger partial charge in [-0.05, 0) is 94.0 Å². The van der Waals surface area contributed by atoms with Gasteiger partial charge < -0.3 is 8.83 Å². The second-order valence-electron chi connectivity index (χ2n) is 17.3. The largest absolute Gasteiger partial charge is 0.456 e. The van der Waals surface area contributed by atoms with Crippen molar-refractivity contribution in [2.75, 3.05) is 0 Å². The monoisotopic (exact) mass is 887 g/mol. The third-order valence-electron chi connectivity index (χ3n) is 13.3. The third kappa shape index (κ3) is 6.30. The Balaban J connectivity index is 0.858. The van der Waals surface area contributed by atoms with Gasteiger partial charge in [0.1, 0.15) is 33.2 Å². The normalized spacial score (nSPS) is 11.8. The first-order valence-corrected chi connectivity index (χ1v) is 23.6. The van der Waals surface area contributed by atoms with E-state index in [0.29, 0.717) is 0 Å². The van der Waals surface area contributed by atoms with Gasteiger partial charge in [-0.3, -0.25) is 4.57 Å². The molecule has 0 N–H and O–H groups in total. The summed E-state index contributed by atoms with van der Waals surface area (Å²) in [6.45, 7) is 0. The molecule has 318 valence electrons. The van der Waals surface area contributed by atoms with E-state index in [2.05, 4.69) is 193 Å². The Morgan fingerprint density at radius 1 is 0.353 bits per heavy atom. The van der Waals surface area contributed by atoms with Crippen LogP contribution in [0.1, 0.15) is 0 Å². The van der Waals surface area contributed by atoms with E-state index in [1.54, 1.807) is 11.3 Å². The van der Waals surface area contributed by atoms with Crippen LogP contribution in [-0.2, 0) is 0 Å². The van der Waals surface area contributed by atoms with E-state index in [0.717, 1.165) is 137 Å². The van der Waals surface area contributed by atoms with E-state index in [1.165, 1.54) is 0 Å². The fourth-order valence-electron chi connectivity index (χ4n) is 9.91. The van der Waals surface area contributed by atoms with Crippen molar-refractivity contribution in [2.24, 2.45) is 0 Å². The molecule has 14 aromatic rings. The number of aromatic nitrogens is 3. The predicted octanol–water partition coefficient (Wildman–Crippen LogP) is 17.4. The minimum atomic E-state index is 0.897. The molecule has 0 aliphatic carbocycles. The van der Waals surface area contributed by atoms with Gasteiger partial charge in [-0.1, -0.05) is 164 Å². The Morgan fingerprint density at radius 3 is 1.49 bits per heavy atom. The van der Waals surface area contributed by atoms with Crippen LogP contribution in [0.4, 0.5) is 0 Å². The van der Waals surface area contributed by atoms with Crippen LogP contribution >= 0.6 is 11.3 Å². The van der Waals surface area contributed by atoms with Crippen LogP contribution in [-0.4, -0.2) is 14.5 Å². The zero-order valence-corrected chi connectivity index (χ0v) is 37.2. The highest BCUT2D eigenvalue weighted by Gasteiger charge is 2.19. The van der Waals surface area contributed by atoms with Crippen LogP contribution in [0.3, 0.4) is 0 Å². The van der Waals surface area contributed by atoms with Crippen LogP contribution in [0.25, 0.3) is 137 Å². The molecule has 10 aromatic carbocycles. The second kappa shape index (κ2) is 15.4. The molecule has 0 spiro atoms. The van der Waals surface area contributed by atoms with E-state index < -0.39 is 0 Å². The number of imidazole rings is 1. The molecular formula is C62H37N3O2S. The number of benzene rings is 10. The number of nitrogens with zero attached hydrogens (tertiary/aromatic N) is 3. The van der Waals surface area contributed by atoms with Crippen LogP contribution in [0, 0.1) is 0 Å².